The van der Waals surface area contributed by atoms with Gasteiger partial charge in [0.1, 0.15) is 5.82 Å². The number of hydrogen-bond donors (Lipinski definition) is 1. The van der Waals surface area contributed by atoms with E-state index >= 15 is 0 Å². The number of nitriles is 1. The first-order chi connectivity index (χ1) is 16.4. The van der Waals surface area contributed by atoms with Crippen LogP contribution in [-0.4, -0.2) is 15.9 Å². The van der Waals surface area contributed by atoms with E-state index in [0.717, 1.165) is 16.9 Å². The Labute approximate surface area is 207 Å². The summed E-state index contributed by atoms with van der Waals surface area (Å²) in [6, 6.07) is 25.9. The van der Waals surface area contributed by atoms with Crippen LogP contribution in [0.15, 0.2) is 78.9 Å². The summed E-state index contributed by atoms with van der Waals surface area (Å²) in [5.74, 6) is 0.446. The summed E-state index contributed by atoms with van der Waals surface area (Å²) >= 11 is 12.8. The van der Waals surface area contributed by atoms with Gasteiger partial charge in [0, 0.05) is 40.8 Å². The van der Waals surface area contributed by atoms with Gasteiger partial charge in [-0.25, -0.2) is 4.98 Å². The number of halogens is 2. The fourth-order valence-corrected chi connectivity index (χ4v) is 3.97. The monoisotopic (exact) mass is 487 g/mol. The van der Waals surface area contributed by atoms with Gasteiger partial charge >= 0.3 is 0 Å². The highest BCUT2D eigenvalue weighted by molar-refractivity contribution is 6.36. The molecule has 0 unspecified atom stereocenters. The smallest absolute Gasteiger partial charge is 0.236 e. The molecular weight excluding hydrogens is 469 g/mol. The van der Waals surface area contributed by atoms with Gasteiger partial charge in [0.25, 0.3) is 0 Å². The van der Waals surface area contributed by atoms with Crippen molar-refractivity contribution in [3.63, 3.8) is 0 Å². The van der Waals surface area contributed by atoms with Crippen LogP contribution in [0.1, 0.15) is 23.7 Å². The summed E-state index contributed by atoms with van der Waals surface area (Å²) in [5.41, 5.74) is 3.46. The molecule has 0 fully saturated rings. The first-order valence-electron chi connectivity index (χ1n) is 10.4. The van der Waals surface area contributed by atoms with Gasteiger partial charge in [-0.05, 0) is 54.1 Å². The Balaban J connectivity index is 1.86. The third kappa shape index (κ3) is 5.34. The summed E-state index contributed by atoms with van der Waals surface area (Å²) in [6.45, 7) is 1.42. The Hall–Kier alpha value is -3.92. The predicted octanol–water partition coefficient (Wildman–Crippen LogP) is 6.67. The van der Waals surface area contributed by atoms with Gasteiger partial charge in [0.05, 0.1) is 17.3 Å². The number of nitrogens with zero attached hydrogens (tertiary/aromatic N) is 4. The zero-order valence-corrected chi connectivity index (χ0v) is 19.7. The second-order valence-electron chi connectivity index (χ2n) is 7.43. The number of benzene rings is 3. The molecule has 0 radical (unpaired) electrons. The van der Waals surface area contributed by atoms with Crippen LogP contribution in [0, 0.1) is 11.3 Å². The van der Waals surface area contributed by atoms with E-state index in [4.69, 9.17) is 28.2 Å². The molecule has 0 aliphatic heterocycles. The van der Waals surface area contributed by atoms with Crippen molar-refractivity contribution < 1.29 is 4.79 Å². The van der Waals surface area contributed by atoms with E-state index in [1.807, 2.05) is 47.4 Å². The second kappa shape index (κ2) is 10.3. The molecule has 0 saturated heterocycles. The first-order valence-corrected chi connectivity index (χ1v) is 11.1. The SMILES string of the molecule is CC(=O)Nc1cc(Cc2c(Cl)cccc2Cl)nc(N(c2ccccc2)c2ccc(C#N)cc2)n1. The molecule has 8 heteroatoms. The minimum atomic E-state index is -0.254. The van der Waals surface area contributed by atoms with Crippen molar-refractivity contribution in [3.05, 3.63) is 106 Å². The Morgan fingerprint density at radius 3 is 2.21 bits per heavy atom. The van der Waals surface area contributed by atoms with E-state index in [-0.39, 0.29) is 5.91 Å². The molecule has 1 aromatic heterocycles. The van der Waals surface area contributed by atoms with Crippen LogP contribution in [-0.2, 0) is 11.2 Å². The molecule has 3 aromatic carbocycles. The highest BCUT2D eigenvalue weighted by Gasteiger charge is 2.18. The summed E-state index contributed by atoms with van der Waals surface area (Å²) in [7, 11) is 0. The maximum atomic E-state index is 11.8. The topological polar surface area (TPSA) is 81.9 Å². The molecule has 1 heterocycles. The fraction of sp³-hybridized carbons (Fsp3) is 0.0769. The molecular formula is C26H19Cl2N5O. The van der Waals surface area contributed by atoms with E-state index in [9.17, 15) is 10.1 Å². The Kier molecular flexibility index (Phi) is 7.07. The molecule has 1 amide bonds. The first kappa shape index (κ1) is 23.2. The number of carbonyl (C=O) groups excluding carboxylic acids is 1. The van der Waals surface area contributed by atoms with Gasteiger partial charge in [-0.3, -0.25) is 9.69 Å². The van der Waals surface area contributed by atoms with Crippen molar-refractivity contribution in [3.8, 4) is 6.07 Å². The third-order valence-corrected chi connectivity index (χ3v) is 5.67. The predicted molar refractivity (Wildman–Crippen MR) is 135 cm³/mol. The average molecular weight is 488 g/mol. The van der Waals surface area contributed by atoms with Gasteiger partial charge in [-0.2, -0.15) is 10.2 Å². The van der Waals surface area contributed by atoms with Gasteiger partial charge in [0.15, 0.2) is 0 Å². The van der Waals surface area contributed by atoms with Crippen LogP contribution in [0.3, 0.4) is 0 Å². The fourth-order valence-electron chi connectivity index (χ4n) is 3.44. The maximum absolute atomic E-state index is 11.8. The largest absolute Gasteiger partial charge is 0.311 e. The molecule has 4 aromatic rings. The molecule has 0 aliphatic carbocycles. The molecule has 0 spiro atoms. The summed E-state index contributed by atoms with van der Waals surface area (Å²) in [6.07, 6.45) is 0.344. The van der Waals surface area contributed by atoms with Crippen molar-refractivity contribution in [2.24, 2.45) is 0 Å². The van der Waals surface area contributed by atoms with Crippen LogP contribution < -0.4 is 10.2 Å². The van der Waals surface area contributed by atoms with E-state index < -0.39 is 0 Å². The lowest BCUT2D eigenvalue weighted by atomic mass is 10.1. The van der Waals surface area contributed by atoms with Gasteiger partial charge in [0.2, 0.25) is 11.9 Å². The number of hydrogen-bond acceptors (Lipinski definition) is 5. The minimum absolute atomic E-state index is 0.254. The molecule has 0 bridgehead atoms. The molecule has 4 rings (SSSR count). The second-order valence-corrected chi connectivity index (χ2v) is 8.25. The molecule has 168 valence electrons. The minimum Gasteiger partial charge on any atom is -0.311 e. The molecule has 34 heavy (non-hydrogen) atoms. The van der Waals surface area contributed by atoms with Crippen molar-refractivity contribution in [2.45, 2.75) is 13.3 Å². The standard InChI is InChI=1S/C26H19Cl2N5O/c1-17(34)30-25-15-19(14-22-23(27)8-5-9-24(22)28)31-26(32-25)33(20-6-3-2-4-7-20)21-12-10-18(16-29)11-13-21/h2-13,15H,14H2,1H3,(H,30,31,32,34). The van der Waals surface area contributed by atoms with Crippen molar-refractivity contribution in [2.75, 3.05) is 10.2 Å². The molecule has 0 saturated carbocycles. The summed E-state index contributed by atoms with van der Waals surface area (Å²) in [4.78, 5) is 23.1. The summed E-state index contributed by atoms with van der Waals surface area (Å²) < 4.78 is 0. The normalized spacial score (nSPS) is 10.4. The van der Waals surface area contributed by atoms with Crippen LogP contribution >= 0.6 is 23.2 Å². The van der Waals surface area contributed by atoms with E-state index in [0.29, 0.717) is 39.5 Å². The molecule has 1 N–H and O–H groups in total. The lowest BCUT2D eigenvalue weighted by molar-refractivity contribution is -0.114. The molecule has 0 aliphatic rings. The Morgan fingerprint density at radius 2 is 1.59 bits per heavy atom. The number of nitrogens with one attached hydrogen (secondary N) is 1. The van der Waals surface area contributed by atoms with Crippen molar-refractivity contribution in [1.29, 1.82) is 5.26 Å². The number of para-hydroxylation sites is 1. The Morgan fingerprint density at radius 1 is 0.941 bits per heavy atom. The number of carbonyl (C=O) groups is 1. The van der Waals surface area contributed by atoms with Crippen LogP contribution in [0.4, 0.5) is 23.1 Å². The number of anilines is 4. The van der Waals surface area contributed by atoms with Gasteiger partial charge < -0.3 is 5.32 Å². The van der Waals surface area contributed by atoms with Gasteiger partial charge in [-0.1, -0.05) is 47.5 Å². The summed E-state index contributed by atoms with van der Waals surface area (Å²) in [5, 5.41) is 13.0. The van der Waals surface area contributed by atoms with E-state index in [1.165, 1.54) is 6.92 Å². The van der Waals surface area contributed by atoms with Crippen molar-refractivity contribution >= 4 is 52.3 Å². The van der Waals surface area contributed by atoms with Crippen molar-refractivity contribution in [1.82, 2.24) is 9.97 Å². The number of rotatable bonds is 6. The van der Waals surface area contributed by atoms with E-state index in [1.54, 1.807) is 36.4 Å². The van der Waals surface area contributed by atoms with Crippen LogP contribution in [0.5, 0.6) is 0 Å². The highest BCUT2D eigenvalue weighted by atomic mass is 35.5. The van der Waals surface area contributed by atoms with E-state index in [2.05, 4.69) is 16.4 Å². The number of amides is 1. The van der Waals surface area contributed by atoms with Crippen LogP contribution in [0.2, 0.25) is 10.0 Å². The maximum Gasteiger partial charge on any atom is 0.236 e. The van der Waals surface area contributed by atoms with Crippen LogP contribution in [0.25, 0.3) is 0 Å². The highest BCUT2D eigenvalue weighted by Crippen LogP contribution is 2.34. The Bertz CT molecular complexity index is 1350. The third-order valence-electron chi connectivity index (χ3n) is 4.96. The van der Waals surface area contributed by atoms with Gasteiger partial charge in [-0.15, -0.1) is 0 Å². The zero-order valence-electron chi connectivity index (χ0n) is 18.2. The average Bonchev–Trinajstić information content (AvgIpc) is 2.82. The number of aromatic nitrogens is 2. The molecule has 6 nitrogen and oxygen atoms in total. The quantitative estimate of drug-likeness (QED) is 0.328. The zero-order chi connectivity index (χ0) is 24.1. The molecule has 0 atom stereocenters. The lowest BCUT2D eigenvalue weighted by Crippen LogP contribution is -2.17. The lowest BCUT2D eigenvalue weighted by Gasteiger charge is -2.24.